The number of para-hydroxylation sites is 1. The number of phenolic OH excluding ortho intramolecular Hbond substituents is 1. The third kappa shape index (κ3) is 3.07. The van der Waals surface area contributed by atoms with Crippen LogP contribution in [0.25, 0.3) is 11.1 Å². The zero-order chi connectivity index (χ0) is 19.2. The van der Waals surface area contributed by atoms with Crippen LogP contribution in [0.2, 0.25) is 0 Å². The van der Waals surface area contributed by atoms with Crippen molar-refractivity contribution >= 4 is 12.7 Å². The quantitative estimate of drug-likeness (QED) is 0.570. The molecule has 0 radical (unpaired) electrons. The Morgan fingerprint density at radius 3 is 2.41 bits per heavy atom. The molecule has 1 aliphatic heterocycles. The van der Waals surface area contributed by atoms with E-state index in [1.807, 2.05) is 67.6 Å². The molecule has 0 saturated carbocycles. The van der Waals surface area contributed by atoms with Gasteiger partial charge < -0.3 is 9.63 Å². The van der Waals surface area contributed by atoms with Gasteiger partial charge in [0, 0.05) is 11.1 Å². The Kier molecular flexibility index (Phi) is 4.36. The van der Waals surface area contributed by atoms with Crippen molar-refractivity contribution in [3.63, 3.8) is 0 Å². The van der Waals surface area contributed by atoms with Crippen LogP contribution in [0.3, 0.4) is 0 Å². The molecule has 1 atom stereocenters. The lowest BCUT2D eigenvalue weighted by molar-refractivity contribution is 0.460. The monoisotopic (exact) mass is 378 g/mol. The van der Waals surface area contributed by atoms with Crippen LogP contribution in [0.1, 0.15) is 36.5 Å². The van der Waals surface area contributed by atoms with Gasteiger partial charge in [-0.3, -0.25) is 4.57 Å². The fourth-order valence-electron chi connectivity index (χ4n) is 3.65. The number of hydrogen-bond acceptors (Lipinski definition) is 3. The van der Waals surface area contributed by atoms with Gasteiger partial charge in [-0.25, -0.2) is 0 Å². The molecule has 0 spiro atoms. The number of aryl methyl sites for hydroxylation is 1. The first-order chi connectivity index (χ1) is 12.9. The van der Waals surface area contributed by atoms with Crippen LogP contribution in [-0.2, 0) is 10.7 Å². The molecular weight excluding hydrogens is 355 g/mol. The van der Waals surface area contributed by atoms with Gasteiger partial charge in [0.25, 0.3) is 7.37 Å². The molecule has 0 aromatic heterocycles. The third-order valence-electron chi connectivity index (χ3n) is 5.14. The largest absolute Gasteiger partial charge is 0.507 e. The van der Waals surface area contributed by atoms with Crippen molar-refractivity contribution in [2.45, 2.75) is 32.9 Å². The lowest BCUT2D eigenvalue weighted by atomic mass is 9.98. The van der Waals surface area contributed by atoms with Crippen LogP contribution in [0.5, 0.6) is 11.5 Å². The van der Waals surface area contributed by atoms with Gasteiger partial charge in [-0.2, -0.15) is 0 Å². The first-order valence-electron chi connectivity index (χ1n) is 9.19. The molecule has 0 amide bonds. The first-order valence-corrected chi connectivity index (χ1v) is 11.0. The Bertz CT molecular complexity index is 1070. The van der Waals surface area contributed by atoms with E-state index in [0.29, 0.717) is 17.2 Å². The van der Waals surface area contributed by atoms with Gasteiger partial charge >= 0.3 is 0 Å². The van der Waals surface area contributed by atoms with Crippen molar-refractivity contribution in [1.82, 2.24) is 0 Å². The Hall–Kier alpha value is -2.51. The molecule has 1 heterocycles. The molecule has 3 aromatic carbocycles. The summed E-state index contributed by atoms with van der Waals surface area (Å²) >= 11 is 0. The van der Waals surface area contributed by atoms with Crippen molar-refractivity contribution in [3.8, 4) is 22.6 Å². The SMILES string of the molecule is Cc1cc(C(C)C)cc(CP2(=O)Oc3ccccc3-c3ccccc32)c1O. The van der Waals surface area contributed by atoms with Crippen LogP contribution in [-0.4, -0.2) is 5.11 Å². The van der Waals surface area contributed by atoms with Crippen molar-refractivity contribution in [2.24, 2.45) is 0 Å². The molecule has 3 nitrogen and oxygen atoms in total. The normalized spacial score (nSPS) is 17.9. The third-order valence-corrected chi connectivity index (χ3v) is 7.51. The zero-order valence-corrected chi connectivity index (χ0v) is 16.7. The molecule has 0 bridgehead atoms. The van der Waals surface area contributed by atoms with Gasteiger partial charge in [-0.15, -0.1) is 0 Å². The second-order valence-corrected chi connectivity index (χ2v) is 9.76. The molecule has 1 N–H and O–H groups in total. The van der Waals surface area contributed by atoms with Crippen LogP contribution >= 0.6 is 7.37 Å². The molecule has 1 unspecified atom stereocenters. The summed E-state index contributed by atoms with van der Waals surface area (Å²) in [7, 11) is -3.21. The fraction of sp³-hybridized carbons (Fsp3) is 0.217. The summed E-state index contributed by atoms with van der Waals surface area (Å²) in [4.78, 5) is 0. The highest BCUT2D eigenvalue weighted by Gasteiger charge is 2.36. The molecule has 27 heavy (non-hydrogen) atoms. The number of benzene rings is 3. The Balaban J connectivity index is 1.85. The fourth-order valence-corrected chi connectivity index (χ4v) is 6.03. The predicted molar refractivity (Wildman–Crippen MR) is 110 cm³/mol. The summed E-state index contributed by atoms with van der Waals surface area (Å²) in [6.45, 7) is 6.10. The average Bonchev–Trinajstić information content (AvgIpc) is 2.65. The van der Waals surface area contributed by atoms with E-state index < -0.39 is 7.37 Å². The van der Waals surface area contributed by atoms with E-state index in [0.717, 1.165) is 27.6 Å². The molecule has 3 aromatic rings. The molecule has 0 aliphatic carbocycles. The van der Waals surface area contributed by atoms with E-state index in [2.05, 4.69) is 13.8 Å². The smallest absolute Gasteiger partial charge is 0.282 e. The minimum Gasteiger partial charge on any atom is -0.507 e. The predicted octanol–water partition coefficient (Wildman–Crippen LogP) is 5.99. The minimum absolute atomic E-state index is 0.172. The lowest BCUT2D eigenvalue weighted by Gasteiger charge is -2.29. The molecular formula is C23H23O3P. The summed E-state index contributed by atoms with van der Waals surface area (Å²) in [6.07, 6.45) is 0.172. The second kappa shape index (κ2) is 6.58. The molecule has 1 aliphatic rings. The Morgan fingerprint density at radius 2 is 1.67 bits per heavy atom. The van der Waals surface area contributed by atoms with Gasteiger partial charge in [-0.05, 0) is 41.7 Å². The standard InChI is InChI=1S/C23H23O3P/c1-15(2)17-12-16(3)23(24)18(13-17)14-27(25)22-11-7-5-9-20(22)19-8-4-6-10-21(19)26-27/h4-13,15,24H,14H2,1-3H3. The van der Waals surface area contributed by atoms with Gasteiger partial charge in [0.05, 0.1) is 11.5 Å². The van der Waals surface area contributed by atoms with Crippen molar-refractivity contribution in [2.75, 3.05) is 0 Å². The maximum atomic E-state index is 14.0. The highest BCUT2D eigenvalue weighted by Crippen LogP contribution is 2.57. The molecule has 138 valence electrons. The average molecular weight is 378 g/mol. The Morgan fingerprint density at radius 1 is 1.00 bits per heavy atom. The van der Waals surface area contributed by atoms with Crippen LogP contribution in [0.4, 0.5) is 0 Å². The Labute approximate surface area is 160 Å². The number of hydrogen-bond donors (Lipinski definition) is 1. The zero-order valence-electron chi connectivity index (χ0n) is 15.8. The van der Waals surface area contributed by atoms with Crippen molar-refractivity contribution < 1.29 is 14.2 Å². The number of aromatic hydroxyl groups is 1. The van der Waals surface area contributed by atoms with E-state index in [1.54, 1.807) is 0 Å². The van der Waals surface area contributed by atoms with E-state index in [1.165, 1.54) is 0 Å². The van der Waals surface area contributed by atoms with E-state index in [4.69, 9.17) is 4.52 Å². The molecule has 0 fully saturated rings. The van der Waals surface area contributed by atoms with E-state index in [9.17, 15) is 9.67 Å². The lowest BCUT2D eigenvalue weighted by Crippen LogP contribution is -2.19. The second-order valence-electron chi connectivity index (χ2n) is 7.44. The maximum Gasteiger partial charge on any atom is 0.282 e. The summed E-state index contributed by atoms with van der Waals surface area (Å²) in [6, 6.07) is 19.3. The van der Waals surface area contributed by atoms with Crippen molar-refractivity contribution in [1.29, 1.82) is 0 Å². The van der Waals surface area contributed by atoms with Crippen LogP contribution in [0, 0.1) is 6.92 Å². The summed E-state index contributed by atoms with van der Waals surface area (Å²) in [5, 5.41) is 11.3. The van der Waals surface area contributed by atoms with Crippen molar-refractivity contribution in [3.05, 3.63) is 77.4 Å². The molecule has 0 saturated heterocycles. The molecule has 4 heteroatoms. The summed E-state index contributed by atoms with van der Waals surface area (Å²) in [5.74, 6) is 1.16. The van der Waals surface area contributed by atoms with E-state index in [-0.39, 0.29) is 11.9 Å². The van der Waals surface area contributed by atoms with Gasteiger partial charge in [0.15, 0.2) is 0 Å². The highest BCUT2D eigenvalue weighted by molar-refractivity contribution is 7.67. The van der Waals surface area contributed by atoms with Gasteiger partial charge in [-0.1, -0.05) is 62.4 Å². The summed E-state index contributed by atoms with van der Waals surface area (Å²) < 4.78 is 20.1. The first kappa shape index (κ1) is 17.9. The van der Waals surface area contributed by atoms with E-state index >= 15 is 0 Å². The molecule has 4 rings (SSSR count). The maximum absolute atomic E-state index is 14.0. The number of fused-ring (bicyclic) bond motifs is 3. The topological polar surface area (TPSA) is 46.5 Å². The van der Waals surface area contributed by atoms with Gasteiger partial charge in [0.1, 0.15) is 11.5 Å². The number of rotatable bonds is 3. The minimum atomic E-state index is -3.21. The highest BCUT2D eigenvalue weighted by atomic mass is 31.2. The summed E-state index contributed by atoms with van der Waals surface area (Å²) in [5.41, 5.74) is 4.50. The van der Waals surface area contributed by atoms with Gasteiger partial charge in [0.2, 0.25) is 0 Å². The van der Waals surface area contributed by atoms with Crippen LogP contribution < -0.4 is 9.83 Å². The van der Waals surface area contributed by atoms with Crippen LogP contribution in [0.15, 0.2) is 60.7 Å². The number of phenols is 1.